The predicted octanol–water partition coefficient (Wildman–Crippen LogP) is 4.36. The Balaban J connectivity index is 2.19. The number of benzene rings is 1. The average Bonchev–Trinajstić information content (AvgIpc) is 2.77. The molecule has 0 saturated heterocycles. The molecular weight excluding hydrogens is 311 g/mol. The average molecular weight is 325 g/mol. The number of amides is 1. The molecule has 0 bridgehead atoms. The van der Waals surface area contributed by atoms with E-state index in [1.165, 1.54) is 0 Å². The first-order valence-electron chi connectivity index (χ1n) is 6.25. The molecule has 110 valence electrons. The SMILES string of the molecule is CC(=NNC(=O)c1cc(C)oc1C)c1cc(Cl)ccc1Cl. The van der Waals surface area contributed by atoms with E-state index in [4.69, 9.17) is 27.6 Å². The zero-order valence-corrected chi connectivity index (χ0v) is 13.3. The second kappa shape index (κ2) is 6.33. The molecule has 0 saturated carbocycles. The van der Waals surface area contributed by atoms with Crippen LogP contribution < -0.4 is 5.43 Å². The number of rotatable bonds is 3. The highest BCUT2D eigenvalue weighted by atomic mass is 35.5. The van der Waals surface area contributed by atoms with Gasteiger partial charge in [-0.1, -0.05) is 23.2 Å². The van der Waals surface area contributed by atoms with Gasteiger partial charge in [0, 0.05) is 15.6 Å². The molecule has 0 aliphatic carbocycles. The lowest BCUT2D eigenvalue weighted by atomic mass is 10.1. The van der Waals surface area contributed by atoms with Crippen LogP contribution >= 0.6 is 23.2 Å². The maximum Gasteiger partial charge on any atom is 0.274 e. The largest absolute Gasteiger partial charge is 0.466 e. The molecule has 0 fully saturated rings. The summed E-state index contributed by atoms with van der Waals surface area (Å²) in [6.07, 6.45) is 0. The van der Waals surface area contributed by atoms with Crippen LogP contribution in [0, 0.1) is 13.8 Å². The summed E-state index contributed by atoms with van der Waals surface area (Å²) >= 11 is 12.0. The lowest BCUT2D eigenvalue weighted by Crippen LogP contribution is -2.19. The highest BCUT2D eigenvalue weighted by molar-refractivity contribution is 6.36. The van der Waals surface area contributed by atoms with Gasteiger partial charge in [0.1, 0.15) is 11.5 Å². The molecule has 0 aliphatic heterocycles. The minimum Gasteiger partial charge on any atom is -0.466 e. The second-order valence-electron chi connectivity index (χ2n) is 4.59. The highest BCUT2D eigenvalue weighted by Crippen LogP contribution is 2.21. The van der Waals surface area contributed by atoms with Crippen molar-refractivity contribution in [2.45, 2.75) is 20.8 Å². The molecule has 4 nitrogen and oxygen atoms in total. The minimum absolute atomic E-state index is 0.332. The number of nitrogens with one attached hydrogen (secondary N) is 1. The van der Waals surface area contributed by atoms with Crippen molar-refractivity contribution in [3.8, 4) is 0 Å². The smallest absolute Gasteiger partial charge is 0.274 e. The van der Waals surface area contributed by atoms with Crippen LogP contribution in [0.2, 0.25) is 10.0 Å². The molecular formula is C15H14Cl2N2O2. The predicted molar refractivity (Wildman–Crippen MR) is 84.3 cm³/mol. The Bertz CT molecular complexity index is 720. The second-order valence-corrected chi connectivity index (χ2v) is 5.43. The third kappa shape index (κ3) is 3.65. The first-order chi connectivity index (χ1) is 9.88. The van der Waals surface area contributed by atoms with Gasteiger partial charge in [-0.2, -0.15) is 5.10 Å². The normalized spacial score (nSPS) is 11.6. The zero-order chi connectivity index (χ0) is 15.6. The van der Waals surface area contributed by atoms with Crippen molar-refractivity contribution >= 4 is 34.8 Å². The van der Waals surface area contributed by atoms with Crippen molar-refractivity contribution in [3.63, 3.8) is 0 Å². The van der Waals surface area contributed by atoms with E-state index in [0.29, 0.717) is 38.4 Å². The Morgan fingerprint density at radius 3 is 2.52 bits per heavy atom. The van der Waals surface area contributed by atoms with Gasteiger partial charge in [-0.25, -0.2) is 5.43 Å². The van der Waals surface area contributed by atoms with Crippen LogP contribution in [0.5, 0.6) is 0 Å². The van der Waals surface area contributed by atoms with E-state index in [2.05, 4.69) is 10.5 Å². The summed E-state index contributed by atoms with van der Waals surface area (Å²) in [7, 11) is 0. The third-order valence-corrected chi connectivity index (χ3v) is 3.49. The third-order valence-electron chi connectivity index (χ3n) is 2.93. The molecule has 1 aromatic heterocycles. The summed E-state index contributed by atoms with van der Waals surface area (Å²) in [5.41, 5.74) is 4.18. The highest BCUT2D eigenvalue weighted by Gasteiger charge is 2.13. The molecule has 2 aromatic rings. The molecule has 6 heteroatoms. The van der Waals surface area contributed by atoms with Gasteiger partial charge in [-0.15, -0.1) is 0 Å². The molecule has 0 radical (unpaired) electrons. The number of nitrogens with zero attached hydrogens (tertiary/aromatic N) is 1. The summed E-state index contributed by atoms with van der Waals surface area (Å²) in [6, 6.07) is 6.74. The first-order valence-corrected chi connectivity index (χ1v) is 7.01. The molecule has 1 heterocycles. The van der Waals surface area contributed by atoms with Gasteiger partial charge in [0.25, 0.3) is 5.91 Å². The van der Waals surface area contributed by atoms with Crippen molar-refractivity contribution < 1.29 is 9.21 Å². The van der Waals surface area contributed by atoms with Crippen LogP contribution in [-0.2, 0) is 0 Å². The summed E-state index contributed by atoms with van der Waals surface area (Å²) in [6.45, 7) is 5.25. The van der Waals surface area contributed by atoms with E-state index in [1.54, 1.807) is 45.0 Å². The first kappa shape index (κ1) is 15.6. The lowest BCUT2D eigenvalue weighted by molar-refractivity contribution is 0.0953. The van der Waals surface area contributed by atoms with E-state index in [1.807, 2.05) is 0 Å². The Labute approximate surface area is 132 Å². The number of carbonyl (C=O) groups is 1. The van der Waals surface area contributed by atoms with E-state index in [9.17, 15) is 4.79 Å². The van der Waals surface area contributed by atoms with E-state index in [0.717, 1.165) is 0 Å². The number of aryl methyl sites for hydroxylation is 2. The fourth-order valence-corrected chi connectivity index (χ4v) is 2.31. The van der Waals surface area contributed by atoms with Gasteiger partial charge in [0.05, 0.1) is 11.3 Å². The maximum absolute atomic E-state index is 12.0. The number of hydrazone groups is 1. The summed E-state index contributed by atoms with van der Waals surface area (Å²) in [5, 5.41) is 5.13. The van der Waals surface area contributed by atoms with Crippen molar-refractivity contribution in [1.82, 2.24) is 5.43 Å². The van der Waals surface area contributed by atoms with E-state index < -0.39 is 0 Å². The lowest BCUT2D eigenvalue weighted by Gasteiger charge is -2.05. The van der Waals surface area contributed by atoms with Crippen LogP contribution in [0.15, 0.2) is 33.8 Å². The van der Waals surface area contributed by atoms with Crippen LogP contribution in [0.25, 0.3) is 0 Å². The van der Waals surface area contributed by atoms with Gasteiger partial charge >= 0.3 is 0 Å². The molecule has 1 N–H and O–H groups in total. The number of hydrogen-bond acceptors (Lipinski definition) is 3. The number of halogens is 2. The zero-order valence-electron chi connectivity index (χ0n) is 11.8. The molecule has 1 aromatic carbocycles. The number of carbonyl (C=O) groups excluding carboxylic acids is 1. The summed E-state index contributed by atoms with van der Waals surface area (Å²) in [5.74, 6) is 0.900. The van der Waals surface area contributed by atoms with Crippen molar-refractivity contribution in [3.05, 3.63) is 57.0 Å². The molecule has 0 aliphatic rings. The van der Waals surface area contributed by atoms with Crippen LogP contribution in [0.1, 0.15) is 34.4 Å². The van der Waals surface area contributed by atoms with Crippen molar-refractivity contribution in [2.24, 2.45) is 5.10 Å². The van der Waals surface area contributed by atoms with Crippen molar-refractivity contribution in [2.75, 3.05) is 0 Å². The Morgan fingerprint density at radius 2 is 1.90 bits per heavy atom. The monoisotopic (exact) mass is 324 g/mol. The Hall–Kier alpha value is -1.78. The van der Waals surface area contributed by atoms with Gasteiger partial charge in [-0.3, -0.25) is 4.79 Å². The van der Waals surface area contributed by atoms with Gasteiger partial charge < -0.3 is 4.42 Å². The van der Waals surface area contributed by atoms with E-state index >= 15 is 0 Å². The standard InChI is InChI=1S/C15H14Cl2N2O2/c1-8-6-13(10(3)21-8)15(20)19-18-9(2)12-7-11(16)4-5-14(12)17/h4-7H,1-3H3,(H,19,20). The molecule has 2 rings (SSSR count). The summed E-state index contributed by atoms with van der Waals surface area (Å²) in [4.78, 5) is 12.0. The fraction of sp³-hybridized carbons (Fsp3) is 0.200. The van der Waals surface area contributed by atoms with Crippen molar-refractivity contribution in [1.29, 1.82) is 0 Å². The molecule has 0 spiro atoms. The Morgan fingerprint density at radius 1 is 1.19 bits per heavy atom. The molecule has 0 atom stereocenters. The molecule has 0 unspecified atom stereocenters. The number of hydrogen-bond donors (Lipinski definition) is 1. The number of furan rings is 1. The molecule has 1 amide bonds. The Kier molecular flexibility index (Phi) is 4.70. The quantitative estimate of drug-likeness (QED) is 0.673. The van der Waals surface area contributed by atoms with Gasteiger partial charge in [0.15, 0.2) is 0 Å². The minimum atomic E-state index is -0.332. The van der Waals surface area contributed by atoms with E-state index in [-0.39, 0.29) is 5.91 Å². The van der Waals surface area contributed by atoms with Gasteiger partial charge in [0.2, 0.25) is 0 Å². The fourth-order valence-electron chi connectivity index (χ4n) is 1.89. The van der Waals surface area contributed by atoms with Crippen LogP contribution in [0.4, 0.5) is 0 Å². The van der Waals surface area contributed by atoms with Crippen LogP contribution in [0.3, 0.4) is 0 Å². The molecule has 21 heavy (non-hydrogen) atoms. The van der Waals surface area contributed by atoms with Gasteiger partial charge in [-0.05, 0) is 45.0 Å². The summed E-state index contributed by atoms with van der Waals surface area (Å²) < 4.78 is 5.31. The topological polar surface area (TPSA) is 54.6 Å². The maximum atomic E-state index is 12.0. The van der Waals surface area contributed by atoms with Crippen LogP contribution in [-0.4, -0.2) is 11.6 Å².